The van der Waals surface area contributed by atoms with Crippen LogP contribution >= 0.6 is 0 Å². The van der Waals surface area contributed by atoms with E-state index in [1.165, 1.54) is 6.42 Å². The molecule has 1 aromatic carbocycles. The lowest BCUT2D eigenvalue weighted by atomic mass is 10.0. The molecule has 2 atom stereocenters. The minimum atomic E-state index is -3.42. The Morgan fingerprint density at radius 1 is 1.29 bits per heavy atom. The minimum Gasteiger partial charge on any atom is -0.496 e. The van der Waals surface area contributed by atoms with Gasteiger partial charge in [-0.05, 0) is 42.9 Å². The molecule has 1 aromatic rings. The summed E-state index contributed by atoms with van der Waals surface area (Å²) in [4.78, 5) is 0.323. The normalized spacial score (nSPS) is 26.0. The Hall–Kier alpha value is -1.11. The molecule has 0 bridgehead atoms. The van der Waals surface area contributed by atoms with Crippen molar-refractivity contribution in [3.8, 4) is 5.75 Å². The fraction of sp³-hybridized carbons (Fsp3) is 0.600. The first-order valence-corrected chi connectivity index (χ1v) is 8.87. The molecule has 1 saturated carbocycles. The number of sulfonamides is 1. The van der Waals surface area contributed by atoms with E-state index in [1.807, 2.05) is 0 Å². The largest absolute Gasteiger partial charge is 0.496 e. The lowest BCUT2D eigenvalue weighted by Gasteiger charge is -2.18. The van der Waals surface area contributed by atoms with Crippen molar-refractivity contribution in [1.29, 1.82) is 0 Å². The summed E-state index contributed by atoms with van der Waals surface area (Å²) < 4.78 is 32.4. The highest BCUT2D eigenvalue weighted by atomic mass is 32.2. The third-order valence-corrected chi connectivity index (χ3v) is 6.63. The van der Waals surface area contributed by atoms with E-state index < -0.39 is 10.0 Å². The summed E-state index contributed by atoms with van der Waals surface area (Å²) in [5.41, 5.74) is 6.40. The first-order chi connectivity index (χ1) is 10.1. The monoisotopic (exact) mass is 310 g/mol. The summed E-state index contributed by atoms with van der Waals surface area (Å²) in [5, 5.41) is 0. The second-order valence-electron chi connectivity index (χ2n) is 5.95. The van der Waals surface area contributed by atoms with Gasteiger partial charge in [0.1, 0.15) is 5.75 Å². The Labute approximate surface area is 126 Å². The molecule has 5 nitrogen and oxygen atoms in total. The molecular weight excluding hydrogens is 288 g/mol. The van der Waals surface area contributed by atoms with Gasteiger partial charge in [-0.2, -0.15) is 4.31 Å². The first kappa shape index (κ1) is 14.8. The molecule has 1 aliphatic heterocycles. The third-order valence-electron chi connectivity index (χ3n) is 4.80. The van der Waals surface area contributed by atoms with E-state index in [9.17, 15) is 8.42 Å². The Kier molecular flexibility index (Phi) is 3.94. The molecule has 21 heavy (non-hydrogen) atoms. The van der Waals surface area contributed by atoms with Gasteiger partial charge in [-0.3, -0.25) is 0 Å². The zero-order valence-electron chi connectivity index (χ0n) is 12.3. The average molecular weight is 310 g/mol. The highest BCUT2D eigenvalue weighted by molar-refractivity contribution is 7.89. The van der Waals surface area contributed by atoms with E-state index in [2.05, 4.69) is 0 Å². The highest BCUT2D eigenvalue weighted by Crippen LogP contribution is 2.40. The van der Waals surface area contributed by atoms with Gasteiger partial charge in [0.15, 0.2) is 0 Å². The predicted octanol–water partition coefficient (Wildman–Crippen LogP) is 1.57. The Morgan fingerprint density at radius 2 is 1.95 bits per heavy atom. The lowest BCUT2D eigenvalue weighted by Crippen LogP contribution is -2.29. The van der Waals surface area contributed by atoms with Crippen LogP contribution in [0, 0.1) is 11.8 Å². The smallest absolute Gasteiger partial charge is 0.243 e. The fourth-order valence-electron chi connectivity index (χ4n) is 3.61. The van der Waals surface area contributed by atoms with Crippen LogP contribution in [0.2, 0.25) is 0 Å². The number of ether oxygens (including phenoxy) is 1. The molecule has 116 valence electrons. The molecule has 0 aromatic heterocycles. The maximum atomic E-state index is 12.8. The van der Waals surface area contributed by atoms with Crippen LogP contribution in [-0.2, 0) is 16.6 Å². The molecule has 6 heteroatoms. The molecule has 0 radical (unpaired) electrons. The molecule has 2 fully saturated rings. The van der Waals surface area contributed by atoms with Gasteiger partial charge in [0, 0.05) is 25.2 Å². The van der Waals surface area contributed by atoms with E-state index in [-0.39, 0.29) is 6.54 Å². The molecule has 1 heterocycles. The second kappa shape index (κ2) is 5.59. The number of nitrogens with two attached hydrogens (primary N) is 1. The van der Waals surface area contributed by atoms with Crippen molar-refractivity contribution < 1.29 is 13.2 Å². The van der Waals surface area contributed by atoms with Crippen LogP contribution in [0.4, 0.5) is 0 Å². The summed E-state index contributed by atoms with van der Waals surface area (Å²) in [6.45, 7) is 1.59. The standard InChI is InChI=1S/C15H22N2O3S/c1-20-15-6-5-14(7-13(15)8-16)21(18,19)17-9-11-3-2-4-12(11)10-17/h5-7,11-12H,2-4,8-10,16H2,1H3. The summed E-state index contributed by atoms with van der Waals surface area (Å²) >= 11 is 0. The van der Waals surface area contributed by atoms with Crippen molar-refractivity contribution in [3.05, 3.63) is 23.8 Å². The summed E-state index contributed by atoms with van der Waals surface area (Å²) in [6.07, 6.45) is 3.56. The zero-order valence-corrected chi connectivity index (χ0v) is 13.1. The Bertz CT molecular complexity index is 618. The molecule has 1 aliphatic carbocycles. The van der Waals surface area contributed by atoms with Gasteiger partial charge in [0.2, 0.25) is 10.0 Å². The summed E-state index contributed by atoms with van der Waals surface area (Å²) in [6, 6.07) is 4.94. The van der Waals surface area contributed by atoms with Gasteiger partial charge in [0.25, 0.3) is 0 Å². The molecular formula is C15H22N2O3S. The van der Waals surface area contributed by atoms with Crippen molar-refractivity contribution >= 4 is 10.0 Å². The Balaban J connectivity index is 1.88. The highest BCUT2D eigenvalue weighted by Gasteiger charge is 2.41. The molecule has 1 saturated heterocycles. The van der Waals surface area contributed by atoms with Crippen LogP contribution in [0.5, 0.6) is 5.75 Å². The van der Waals surface area contributed by atoms with Crippen LogP contribution in [0.3, 0.4) is 0 Å². The van der Waals surface area contributed by atoms with E-state index >= 15 is 0 Å². The molecule has 0 spiro atoms. The molecule has 2 unspecified atom stereocenters. The van der Waals surface area contributed by atoms with Crippen LogP contribution in [0.25, 0.3) is 0 Å². The van der Waals surface area contributed by atoms with Crippen molar-refractivity contribution in [2.24, 2.45) is 17.6 Å². The number of hydrogen-bond acceptors (Lipinski definition) is 4. The quantitative estimate of drug-likeness (QED) is 0.916. The van der Waals surface area contributed by atoms with E-state index in [0.717, 1.165) is 18.4 Å². The predicted molar refractivity (Wildman–Crippen MR) is 80.5 cm³/mol. The van der Waals surface area contributed by atoms with Crippen LogP contribution in [-0.4, -0.2) is 32.9 Å². The lowest BCUT2D eigenvalue weighted by molar-refractivity contribution is 0.409. The topological polar surface area (TPSA) is 72.6 Å². The number of hydrogen-bond donors (Lipinski definition) is 1. The minimum absolute atomic E-state index is 0.262. The maximum absolute atomic E-state index is 12.8. The van der Waals surface area contributed by atoms with Crippen molar-refractivity contribution in [2.45, 2.75) is 30.7 Å². The van der Waals surface area contributed by atoms with Gasteiger partial charge in [0.05, 0.1) is 12.0 Å². The van der Waals surface area contributed by atoms with Crippen molar-refractivity contribution in [2.75, 3.05) is 20.2 Å². The van der Waals surface area contributed by atoms with E-state index in [4.69, 9.17) is 10.5 Å². The molecule has 3 rings (SSSR count). The van der Waals surface area contributed by atoms with Gasteiger partial charge in [-0.15, -0.1) is 0 Å². The van der Waals surface area contributed by atoms with Crippen LogP contribution < -0.4 is 10.5 Å². The summed E-state index contributed by atoms with van der Waals surface area (Å²) in [7, 11) is -1.86. The first-order valence-electron chi connectivity index (χ1n) is 7.43. The maximum Gasteiger partial charge on any atom is 0.243 e. The van der Waals surface area contributed by atoms with Gasteiger partial charge < -0.3 is 10.5 Å². The van der Waals surface area contributed by atoms with E-state index in [1.54, 1.807) is 29.6 Å². The van der Waals surface area contributed by atoms with Crippen LogP contribution in [0.15, 0.2) is 23.1 Å². The molecule has 0 amide bonds. The number of rotatable bonds is 4. The SMILES string of the molecule is COc1ccc(S(=O)(=O)N2CC3CCCC3C2)cc1CN. The summed E-state index contributed by atoms with van der Waals surface area (Å²) in [5.74, 6) is 1.73. The second-order valence-corrected chi connectivity index (χ2v) is 7.89. The van der Waals surface area contributed by atoms with Gasteiger partial charge in [-0.1, -0.05) is 6.42 Å². The zero-order chi connectivity index (χ0) is 15.0. The molecule has 2 aliphatic rings. The average Bonchev–Trinajstić information content (AvgIpc) is 3.07. The van der Waals surface area contributed by atoms with Crippen molar-refractivity contribution in [1.82, 2.24) is 4.31 Å². The number of benzene rings is 1. The number of nitrogens with zero attached hydrogens (tertiary/aromatic N) is 1. The Morgan fingerprint density at radius 3 is 2.52 bits per heavy atom. The third kappa shape index (κ3) is 2.56. The van der Waals surface area contributed by atoms with Gasteiger partial charge >= 0.3 is 0 Å². The molecule has 2 N–H and O–H groups in total. The van der Waals surface area contributed by atoms with Gasteiger partial charge in [-0.25, -0.2) is 8.42 Å². The van der Waals surface area contributed by atoms with Crippen molar-refractivity contribution in [3.63, 3.8) is 0 Å². The number of methoxy groups -OCH3 is 1. The van der Waals surface area contributed by atoms with E-state index in [0.29, 0.717) is 35.6 Å². The van der Waals surface area contributed by atoms with Crippen LogP contribution in [0.1, 0.15) is 24.8 Å². The number of fused-ring (bicyclic) bond motifs is 1. The fourth-order valence-corrected chi connectivity index (χ4v) is 5.22.